The third-order valence-corrected chi connectivity index (χ3v) is 4.25. The van der Waals surface area contributed by atoms with Crippen LogP contribution in [0.25, 0.3) is 0 Å². The summed E-state index contributed by atoms with van der Waals surface area (Å²) in [6.45, 7) is 6.05. The van der Waals surface area contributed by atoms with Crippen LogP contribution in [0.15, 0.2) is 0 Å². The lowest BCUT2D eigenvalue weighted by Gasteiger charge is -2.49. The lowest BCUT2D eigenvalue weighted by Crippen LogP contribution is -2.68. The van der Waals surface area contributed by atoms with Crippen molar-refractivity contribution < 1.29 is 9.90 Å². The first-order valence-electron chi connectivity index (χ1n) is 6.82. The second-order valence-electron chi connectivity index (χ2n) is 5.60. The zero-order valence-electron chi connectivity index (χ0n) is 11.0. The number of amides is 1. The smallest absolute Gasteiger partial charge is 0.243 e. The Labute approximate surface area is 103 Å². The van der Waals surface area contributed by atoms with Gasteiger partial charge in [-0.2, -0.15) is 0 Å². The quantitative estimate of drug-likeness (QED) is 0.767. The molecule has 1 unspecified atom stereocenters. The molecular formula is C13H24N2O2. The molecule has 2 rings (SSSR count). The van der Waals surface area contributed by atoms with Gasteiger partial charge in [-0.05, 0) is 32.2 Å². The number of aliphatic hydroxyl groups is 1. The van der Waals surface area contributed by atoms with Crippen LogP contribution in [-0.4, -0.2) is 46.7 Å². The van der Waals surface area contributed by atoms with Crippen molar-refractivity contribution in [2.75, 3.05) is 19.6 Å². The molecule has 0 aliphatic carbocycles. The number of nitrogens with one attached hydrogen (secondary N) is 1. The molecule has 0 radical (unpaired) electrons. The molecule has 4 nitrogen and oxygen atoms in total. The lowest BCUT2D eigenvalue weighted by atomic mass is 9.85. The largest absolute Gasteiger partial charge is 0.386 e. The fourth-order valence-corrected chi connectivity index (χ4v) is 3.07. The Balaban J connectivity index is 1.99. The second kappa shape index (κ2) is 4.58. The fourth-order valence-electron chi connectivity index (χ4n) is 3.07. The van der Waals surface area contributed by atoms with Crippen molar-refractivity contribution >= 4 is 5.91 Å². The van der Waals surface area contributed by atoms with Crippen LogP contribution in [-0.2, 0) is 4.79 Å². The van der Waals surface area contributed by atoms with Crippen LogP contribution < -0.4 is 5.32 Å². The molecule has 0 bridgehead atoms. The maximum Gasteiger partial charge on any atom is 0.243 e. The van der Waals surface area contributed by atoms with Gasteiger partial charge in [0.1, 0.15) is 0 Å². The summed E-state index contributed by atoms with van der Waals surface area (Å²) in [5.41, 5.74) is -0.953. The molecular weight excluding hydrogens is 216 g/mol. The van der Waals surface area contributed by atoms with Crippen molar-refractivity contribution in [1.82, 2.24) is 10.2 Å². The molecule has 2 fully saturated rings. The maximum absolute atomic E-state index is 12.5. The highest BCUT2D eigenvalue weighted by atomic mass is 16.3. The molecule has 2 saturated heterocycles. The monoisotopic (exact) mass is 240 g/mol. The average Bonchev–Trinajstić information content (AvgIpc) is 2.74. The summed E-state index contributed by atoms with van der Waals surface area (Å²) in [5.74, 6) is 0.204. The molecule has 1 atom stereocenters. The van der Waals surface area contributed by atoms with Crippen molar-refractivity contribution in [2.24, 2.45) is 0 Å². The number of rotatable bonds is 4. The number of β-amino-alcohol motifs (C(OH)–C–C–N with tert-alkyl or cyclic N) is 1. The molecule has 0 aromatic rings. The van der Waals surface area contributed by atoms with E-state index < -0.39 is 5.60 Å². The highest BCUT2D eigenvalue weighted by Gasteiger charge is 2.49. The Morgan fingerprint density at radius 2 is 2.12 bits per heavy atom. The predicted molar refractivity (Wildman–Crippen MR) is 66.7 cm³/mol. The van der Waals surface area contributed by atoms with Crippen LogP contribution in [0.3, 0.4) is 0 Å². The van der Waals surface area contributed by atoms with Gasteiger partial charge in [0.2, 0.25) is 5.91 Å². The Bertz CT molecular complexity index is 292. The molecule has 98 valence electrons. The first kappa shape index (κ1) is 12.8. The molecule has 4 heteroatoms. The number of hydrogen-bond acceptors (Lipinski definition) is 3. The number of carbonyl (C=O) groups excluding carboxylic acids is 1. The molecule has 0 spiro atoms. The topological polar surface area (TPSA) is 52.6 Å². The second-order valence-corrected chi connectivity index (χ2v) is 5.60. The van der Waals surface area contributed by atoms with Gasteiger partial charge in [-0.25, -0.2) is 0 Å². The SMILES string of the molecule is CCCC1(C(=O)N2CC(O)(CC)C2)CCCN1. The fraction of sp³-hybridized carbons (Fsp3) is 0.923. The maximum atomic E-state index is 12.5. The van der Waals surface area contributed by atoms with E-state index in [0.29, 0.717) is 13.1 Å². The third-order valence-electron chi connectivity index (χ3n) is 4.25. The summed E-state index contributed by atoms with van der Waals surface area (Å²) in [5, 5.41) is 13.4. The minimum atomic E-state index is -0.623. The molecule has 2 heterocycles. The highest BCUT2D eigenvalue weighted by molar-refractivity contribution is 5.87. The minimum Gasteiger partial charge on any atom is -0.386 e. The molecule has 1 amide bonds. The normalized spacial score (nSPS) is 31.4. The summed E-state index contributed by atoms with van der Waals surface area (Å²) < 4.78 is 0. The van der Waals surface area contributed by atoms with Crippen LogP contribution in [0.4, 0.5) is 0 Å². The van der Waals surface area contributed by atoms with Gasteiger partial charge < -0.3 is 15.3 Å². The summed E-state index contributed by atoms with van der Waals surface area (Å²) in [6, 6.07) is 0. The Kier molecular flexibility index (Phi) is 3.46. The van der Waals surface area contributed by atoms with E-state index in [9.17, 15) is 9.90 Å². The van der Waals surface area contributed by atoms with Crippen LogP contribution in [0.5, 0.6) is 0 Å². The number of likely N-dealkylation sites (tertiary alicyclic amines) is 1. The van der Waals surface area contributed by atoms with Gasteiger partial charge in [0.15, 0.2) is 0 Å². The zero-order valence-corrected chi connectivity index (χ0v) is 11.0. The molecule has 2 aliphatic rings. The van der Waals surface area contributed by atoms with Gasteiger partial charge in [0.25, 0.3) is 0 Å². The number of carbonyl (C=O) groups is 1. The van der Waals surface area contributed by atoms with Gasteiger partial charge in [-0.3, -0.25) is 4.79 Å². The number of nitrogens with zero attached hydrogens (tertiary/aromatic N) is 1. The van der Waals surface area contributed by atoms with E-state index in [4.69, 9.17) is 0 Å². The summed E-state index contributed by atoms with van der Waals surface area (Å²) in [7, 11) is 0. The standard InChI is InChI=1S/C13H24N2O2/c1-3-6-13(7-5-8-14-13)11(16)15-9-12(17,4-2)10-15/h14,17H,3-10H2,1-2H3. The number of hydrogen-bond donors (Lipinski definition) is 2. The summed E-state index contributed by atoms with van der Waals surface area (Å²) >= 11 is 0. The van der Waals surface area contributed by atoms with Gasteiger partial charge in [-0.15, -0.1) is 0 Å². The van der Waals surface area contributed by atoms with Crippen LogP contribution in [0, 0.1) is 0 Å². The summed E-state index contributed by atoms with van der Waals surface area (Å²) in [6.07, 6.45) is 4.68. The first-order valence-corrected chi connectivity index (χ1v) is 6.82. The van der Waals surface area contributed by atoms with E-state index >= 15 is 0 Å². The van der Waals surface area contributed by atoms with E-state index in [0.717, 1.165) is 38.6 Å². The zero-order chi connectivity index (χ0) is 12.5. The Hall–Kier alpha value is -0.610. The van der Waals surface area contributed by atoms with Crippen molar-refractivity contribution in [3.05, 3.63) is 0 Å². The highest BCUT2D eigenvalue weighted by Crippen LogP contribution is 2.32. The minimum absolute atomic E-state index is 0.204. The van der Waals surface area contributed by atoms with E-state index in [-0.39, 0.29) is 11.4 Å². The molecule has 0 saturated carbocycles. The molecule has 0 aromatic carbocycles. The van der Waals surface area contributed by atoms with Crippen LogP contribution in [0.2, 0.25) is 0 Å². The van der Waals surface area contributed by atoms with E-state index in [2.05, 4.69) is 12.2 Å². The van der Waals surface area contributed by atoms with Gasteiger partial charge >= 0.3 is 0 Å². The average molecular weight is 240 g/mol. The molecule has 2 N–H and O–H groups in total. The first-order chi connectivity index (χ1) is 8.05. The van der Waals surface area contributed by atoms with Gasteiger partial charge in [0, 0.05) is 0 Å². The molecule has 17 heavy (non-hydrogen) atoms. The Morgan fingerprint density at radius 1 is 1.41 bits per heavy atom. The predicted octanol–water partition coefficient (Wildman–Crippen LogP) is 0.892. The van der Waals surface area contributed by atoms with Crippen molar-refractivity contribution in [2.45, 2.75) is 57.1 Å². The van der Waals surface area contributed by atoms with Gasteiger partial charge in [0.05, 0.1) is 24.2 Å². The van der Waals surface area contributed by atoms with E-state index in [1.807, 2.05) is 11.8 Å². The molecule has 2 aliphatic heterocycles. The van der Waals surface area contributed by atoms with E-state index in [1.165, 1.54) is 0 Å². The Morgan fingerprint density at radius 3 is 2.59 bits per heavy atom. The van der Waals surface area contributed by atoms with Crippen molar-refractivity contribution in [1.29, 1.82) is 0 Å². The van der Waals surface area contributed by atoms with E-state index in [1.54, 1.807) is 0 Å². The third kappa shape index (κ3) is 2.20. The van der Waals surface area contributed by atoms with Crippen LogP contribution in [0.1, 0.15) is 46.0 Å². The van der Waals surface area contributed by atoms with Crippen LogP contribution >= 0.6 is 0 Å². The van der Waals surface area contributed by atoms with Gasteiger partial charge in [-0.1, -0.05) is 20.3 Å². The molecule has 0 aromatic heterocycles. The van der Waals surface area contributed by atoms with Crippen molar-refractivity contribution in [3.63, 3.8) is 0 Å². The summed E-state index contributed by atoms with van der Waals surface area (Å²) in [4.78, 5) is 14.3. The van der Waals surface area contributed by atoms with Crippen molar-refractivity contribution in [3.8, 4) is 0 Å². The lowest BCUT2D eigenvalue weighted by molar-refractivity contribution is -0.162.